The minimum atomic E-state index is -4.35. The monoisotopic (exact) mass is 278 g/mol. The smallest absolute Gasteiger partial charge is 0.331 e. The maximum Gasteiger partial charge on any atom is 0.401 e. The Labute approximate surface area is 110 Å². The van der Waals surface area contributed by atoms with Crippen molar-refractivity contribution in [3.8, 4) is 6.07 Å². The van der Waals surface area contributed by atoms with Crippen LogP contribution in [0.2, 0.25) is 0 Å². The Morgan fingerprint density at radius 1 is 1.42 bits per heavy atom. The first-order chi connectivity index (χ1) is 8.69. The maximum absolute atomic E-state index is 12.2. The second-order valence-corrected chi connectivity index (χ2v) is 4.83. The van der Waals surface area contributed by atoms with Crippen molar-refractivity contribution < 1.29 is 18.0 Å². The Morgan fingerprint density at radius 3 is 2.32 bits per heavy atom. The highest BCUT2D eigenvalue weighted by Crippen LogP contribution is 2.24. The second-order valence-electron chi connectivity index (χ2n) is 4.83. The van der Waals surface area contributed by atoms with E-state index in [1.807, 2.05) is 6.07 Å². The topological polar surface area (TPSA) is 59.4 Å². The zero-order chi connectivity index (χ0) is 14.7. The largest absolute Gasteiger partial charge is 0.401 e. The molecule has 0 aromatic heterocycles. The molecule has 1 rings (SSSR count). The highest BCUT2D eigenvalue weighted by atomic mass is 19.4. The molecule has 0 aromatic carbocycles. The minimum Gasteiger partial charge on any atom is -0.331 e. The molecule has 0 spiro atoms. The number of urea groups is 1. The second kappa shape index (κ2) is 5.65. The number of nitrogens with zero attached hydrogens (tertiary/aromatic N) is 3. The summed E-state index contributed by atoms with van der Waals surface area (Å²) in [6, 6.07) is 1.72. The van der Waals surface area contributed by atoms with E-state index in [9.17, 15) is 18.0 Å². The summed E-state index contributed by atoms with van der Waals surface area (Å²) in [5, 5.41) is 11.4. The number of amides is 2. The first-order valence-corrected chi connectivity index (χ1v) is 5.88. The number of carbonyl (C=O) groups excluding carboxylic acids is 1. The number of carbonyl (C=O) groups is 1. The zero-order valence-corrected chi connectivity index (χ0v) is 10.9. The Bertz CT molecular complexity index is 367. The standard InChI is InChI=1S/C11H17F3N4O/c1-17(2)9(19)18-5-3-10(7-15,4-6-18)16-8-11(12,13)14/h16H,3-6,8H2,1-2H3. The van der Waals surface area contributed by atoms with Gasteiger partial charge in [0.1, 0.15) is 5.54 Å². The summed E-state index contributed by atoms with van der Waals surface area (Å²) in [5.41, 5.74) is -1.20. The predicted octanol–water partition coefficient (Wildman–Crippen LogP) is 1.18. The van der Waals surface area contributed by atoms with Crippen LogP contribution in [0.1, 0.15) is 12.8 Å². The molecule has 1 saturated heterocycles. The summed E-state index contributed by atoms with van der Waals surface area (Å²) in [5.74, 6) is 0. The van der Waals surface area contributed by atoms with Gasteiger partial charge in [0.15, 0.2) is 0 Å². The molecular weight excluding hydrogens is 261 g/mol. The molecule has 1 fully saturated rings. The number of nitriles is 1. The van der Waals surface area contributed by atoms with Crippen molar-refractivity contribution in [2.24, 2.45) is 0 Å². The van der Waals surface area contributed by atoms with Crippen molar-refractivity contribution in [2.75, 3.05) is 33.7 Å². The van der Waals surface area contributed by atoms with Gasteiger partial charge in [0.2, 0.25) is 0 Å². The molecule has 0 aromatic rings. The van der Waals surface area contributed by atoms with Gasteiger partial charge >= 0.3 is 12.2 Å². The van der Waals surface area contributed by atoms with E-state index < -0.39 is 18.3 Å². The summed E-state index contributed by atoms with van der Waals surface area (Å²) in [4.78, 5) is 14.6. The van der Waals surface area contributed by atoms with Crippen LogP contribution in [0, 0.1) is 11.3 Å². The third kappa shape index (κ3) is 4.28. The summed E-state index contributed by atoms with van der Waals surface area (Å²) < 4.78 is 36.6. The van der Waals surface area contributed by atoms with Crippen molar-refractivity contribution in [1.82, 2.24) is 15.1 Å². The van der Waals surface area contributed by atoms with Crippen LogP contribution in [0.25, 0.3) is 0 Å². The van der Waals surface area contributed by atoms with Gasteiger partial charge in [-0.1, -0.05) is 0 Å². The van der Waals surface area contributed by atoms with Crippen LogP contribution in [-0.2, 0) is 0 Å². The number of nitrogens with one attached hydrogen (secondary N) is 1. The average Bonchev–Trinajstić information content (AvgIpc) is 2.35. The molecular formula is C11H17F3N4O. The molecule has 108 valence electrons. The van der Waals surface area contributed by atoms with Gasteiger partial charge in [-0.05, 0) is 12.8 Å². The fourth-order valence-corrected chi connectivity index (χ4v) is 1.96. The van der Waals surface area contributed by atoms with Crippen LogP contribution in [-0.4, -0.2) is 61.3 Å². The van der Waals surface area contributed by atoms with Crippen molar-refractivity contribution in [3.63, 3.8) is 0 Å². The van der Waals surface area contributed by atoms with E-state index in [2.05, 4.69) is 5.32 Å². The van der Waals surface area contributed by atoms with Gasteiger partial charge < -0.3 is 9.80 Å². The summed E-state index contributed by atoms with van der Waals surface area (Å²) in [6.07, 6.45) is -3.96. The Kier molecular flexibility index (Phi) is 4.63. The lowest BCUT2D eigenvalue weighted by atomic mass is 9.89. The molecule has 1 aliphatic rings. The number of alkyl halides is 3. The van der Waals surface area contributed by atoms with Crippen LogP contribution < -0.4 is 5.32 Å². The predicted molar refractivity (Wildman–Crippen MR) is 62.3 cm³/mol. The van der Waals surface area contributed by atoms with E-state index in [1.54, 1.807) is 14.1 Å². The molecule has 5 nitrogen and oxygen atoms in total. The van der Waals surface area contributed by atoms with E-state index in [4.69, 9.17) is 5.26 Å². The average molecular weight is 278 g/mol. The van der Waals surface area contributed by atoms with Crippen LogP contribution in [0.3, 0.4) is 0 Å². The molecule has 1 heterocycles. The third-order valence-electron chi connectivity index (χ3n) is 3.11. The molecule has 1 N–H and O–H groups in total. The summed E-state index contributed by atoms with van der Waals surface area (Å²) in [6.45, 7) is -0.646. The van der Waals surface area contributed by atoms with Crippen molar-refractivity contribution in [2.45, 2.75) is 24.6 Å². The normalized spacial score (nSPS) is 18.8. The molecule has 0 radical (unpaired) electrons. The SMILES string of the molecule is CN(C)C(=O)N1CCC(C#N)(NCC(F)(F)F)CC1. The van der Waals surface area contributed by atoms with Crippen LogP contribution in [0.5, 0.6) is 0 Å². The Morgan fingerprint density at radius 2 is 1.95 bits per heavy atom. The molecule has 1 aliphatic heterocycles. The van der Waals surface area contributed by atoms with E-state index >= 15 is 0 Å². The molecule has 2 amide bonds. The highest BCUT2D eigenvalue weighted by Gasteiger charge is 2.39. The first-order valence-electron chi connectivity index (χ1n) is 5.88. The van der Waals surface area contributed by atoms with E-state index in [-0.39, 0.29) is 32.0 Å². The number of halogens is 3. The summed E-state index contributed by atoms with van der Waals surface area (Å²) >= 11 is 0. The lowest BCUT2D eigenvalue weighted by Crippen LogP contribution is -2.56. The lowest BCUT2D eigenvalue weighted by molar-refractivity contribution is -0.128. The molecule has 8 heteroatoms. The number of rotatable bonds is 2. The van der Waals surface area contributed by atoms with Gasteiger partial charge in [0, 0.05) is 27.2 Å². The van der Waals surface area contributed by atoms with Crippen molar-refractivity contribution in [1.29, 1.82) is 5.26 Å². The first kappa shape index (κ1) is 15.6. The van der Waals surface area contributed by atoms with Crippen molar-refractivity contribution in [3.05, 3.63) is 0 Å². The molecule has 0 aliphatic carbocycles. The highest BCUT2D eigenvalue weighted by molar-refractivity contribution is 5.74. The van der Waals surface area contributed by atoms with Gasteiger partial charge in [-0.2, -0.15) is 18.4 Å². The number of likely N-dealkylation sites (tertiary alicyclic amines) is 1. The third-order valence-corrected chi connectivity index (χ3v) is 3.11. The molecule has 19 heavy (non-hydrogen) atoms. The Hall–Kier alpha value is -1.49. The van der Waals surface area contributed by atoms with Gasteiger partial charge in [0.05, 0.1) is 12.6 Å². The zero-order valence-electron chi connectivity index (χ0n) is 10.9. The van der Waals surface area contributed by atoms with Gasteiger partial charge in [-0.3, -0.25) is 5.32 Å². The minimum absolute atomic E-state index is 0.192. The van der Waals surface area contributed by atoms with Gasteiger partial charge in [-0.25, -0.2) is 4.79 Å². The van der Waals surface area contributed by atoms with E-state index in [0.29, 0.717) is 0 Å². The fourth-order valence-electron chi connectivity index (χ4n) is 1.96. The van der Waals surface area contributed by atoms with E-state index in [0.717, 1.165) is 0 Å². The summed E-state index contributed by atoms with van der Waals surface area (Å²) in [7, 11) is 3.22. The fraction of sp³-hybridized carbons (Fsp3) is 0.818. The molecule has 0 unspecified atom stereocenters. The van der Waals surface area contributed by atoms with Gasteiger partial charge in [0.25, 0.3) is 0 Å². The molecule has 0 saturated carbocycles. The van der Waals surface area contributed by atoms with Crippen LogP contribution in [0.15, 0.2) is 0 Å². The maximum atomic E-state index is 12.2. The van der Waals surface area contributed by atoms with Gasteiger partial charge in [-0.15, -0.1) is 0 Å². The number of hydrogen-bond acceptors (Lipinski definition) is 3. The quantitative estimate of drug-likeness (QED) is 0.825. The molecule has 0 bridgehead atoms. The Balaban J connectivity index is 2.58. The number of hydrogen-bond donors (Lipinski definition) is 1. The number of piperidine rings is 1. The van der Waals surface area contributed by atoms with Crippen LogP contribution in [0.4, 0.5) is 18.0 Å². The van der Waals surface area contributed by atoms with Crippen molar-refractivity contribution >= 4 is 6.03 Å². The van der Waals surface area contributed by atoms with Crippen LogP contribution >= 0.6 is 0 Å². The van der Waals surface area contributed by atoms with E-state index in [1.165, 1.54) is 9.80 Å². The molecule has 0 atom stereocenters. The lowest BCUT2D eigenvalue weighted by Gasteiger charge is -2.38.